The van der Waals surface area contributed by atoms with E-state index >= 15 is 0 Å². The maximum atomic E-state index is 10.5. The number of rotatable bonds is 7. The third kappa shape index (κ3) is 6.80. The summed E-state index contributed by atoms with van der Waals surface area (Å²) in [7, 11) is 3.99. The summed E-state index contributed by atoms with van der Waals surface area (Å²) in [6, 6.07) is 20.0. The van der Waals surface area contributed by atoms with Crippen molar-refractivity contribution in [2.75, 3.05) is 32.5 Å². The summed E-state index contributed by atoms with van der Waals surface area (Å²) in [5.74, 6) is 1.53. The third-order valence-corrected chi connectivity index (χ3v) is 6.17. The second-order valence-electron chi connectivity index (χ2n) is 11.6. The number of anilines is 1. The minimum atomic E-state index is -0.0311. The first kappa shape index (κ1) is 27.1. The molecule has 0 radical (unpaired) electrons. The molecule has 0 saturated carbocycles. The van der Waals surface area contributed by atoms with Crippen LogP contribution in [0.5, 0.6) is 17.2 Å². The molecule has 0 aromatic heterocycles. The molecule has 0 spiro atoms. The highest BCUT2D eigenvalue weighted by Gasteiger charge is 2.21. The molecule has 0 amide bonds. The average molecular weight is 486 g/mol. The maximum Gasteiger partial charge on any atom is 0.136 e. The van der Waals surface area contributed by atoms with Gasteiger partial charge in [0.25, 0.3) is 0 Å². The van der Waals surface area contributed by atoms with Crippen molar-refractivity contribution < 1.29 is 9.84 Å². The number of ether oxygens (including phenoxy) is 1. The lowest BCUT2D eigenvalue weighted by Crippen LogP contribution is -2.21. The minimum Gasteiger partial charge on any atom is -0.506 e. The number of nitrogens with zero attached hydrogens (tertiary/aromatic N) is 2. The van der Waals surface area contributed by atoms with Gasteiger partial charge in [0.05, 0.1) is 5.69 Å². The molecule has 0 aliphatic carbocycles. The Bertz CT molecular complexity index is 1210. The first-order valence-electron chi connectivity index (χ1n) is 12.4. The molecule has 0 saturated heterocycles. The molecule has 0 heterocycles. The highest BCUT2D eigenvalue weighted by molar-refractivity contribution is 5.76. The molecule has 5 heteroatoms. The summed E-state index contributed by atoms with van der Waals surface area (Å²) in [5, 5.41) is 23.3. The first-order chi connectivity index (χ1) is 16.8. The molecule has 190 valence electrons. The number of phenols is 1. The van der Waals surface area contributed by atoms with E-state index in [1.54, 1.807) is 6.07 Å². The summed E-state index contributed by atoms with van der Waals surface area (Å²) >= 11 is 0. The van der Waals surface area contributed by atoms with Gasteiger partial charge in [0.15, 0.2) is 0 Å². The van der Waals surface area contributed by atoms with Crippen molar-refractivity contribution in [2.45, 2.75) is 52.4 Å². The SMILES string of the molecule is CN(C)CCNc1cc(-c2ccc(Oc3cc(C(C)(C)C)cc(C(C)(C)C)c3)cc2)cc(O)c1C#N. The molecule has 5 nitrogen and oxygen atoms in total. The van der Waals surface area contributed by atoms with Crippen LogP contribution < -0.4 is 10.1 Å². The van der Waals surface area contributed by atoms with E-state index < -0.39 is 0 Å². The number of aromatic hydroxyl groups is 1. The molecule has 0 bridgehead atoms. The quantitative estimate of drug-likeness (QED) is 0.368. The standard InChI is InChI=1S/C31H39N3O2/c1-30(2,3)23-17-24(31(4,5)6)19-26(18-23)36-25-11-9-21(10-12-25)22-15-28(33-13-14-34(7)8)27(20-32)29(35)16-22/h9-12,15-19,33,35H,13-14H2,1-8H3. The van der Waals surface area contributed by atoms with E-state index in [4.69, 9.17) is 4.74 Å². The van der Waals surface area contributed by atoms with Gasteiger partial charge in [0.2, 0.25) is 0 Å². The first-order valence-corrected chi connectivity index (χ1v) is 12.4. The van der Waals surface area contributed by atoms with Crippen molar-refractivity contribution in [3.63, 3.8) is 0 Å². The number of nitrogens with one attached hydrogen (secondary N) is 1. The normalized spacial score (nSPS) is 11.9. The van der Waals surface area contributed by atoms with Crippen LogP contribution in [0.15, 0.2) is 54.6 Å². The summed E-state index contributed by atoms with van der Waals surface area (Å²) in [6.45, 7) is 14.8. The summed E-state index contributed by atoms with van der Waals surface area (Å²) in [6.07, 6.45) is 0. The molecule has 36 heavy (non-hydrogen) atoms. The van der Waals surface area contributed by atoms with E-state index in [0.717, 1.165) is 29.2 Å². The Morgan fingerprint density at radius 1 is 0.833 bits per heavy atom. The van der Waals surface area contributed by atoms with Crippen LogP contribution in [0.2, 0.25) is 0 Å². The van der Waals surface area contributed by atoms with Crippen LogP contribution in [0.1, 0.15) is 58.2 Å². The molecule has 0 unspecified atom stereocenters. The van der Waals surface area contributed by atoms with Gasteiger partial charge in [-0.1, -0.05) is 59.7 Å². The number of nitriles is 1. The van der Waals surface area contributed by atoms with E-state index in [1.807, 2.05) is 44.4 Å². The molecular formula is C31H39N3O2. The van der Waals surface area contributed by atoms with Crippen molar-refractivity contribution >= 4 is 5.69 Å². The van der Waals surface area contributed by atoms with Gasteiger partial charge in [-0.3, -0.25) is 0 Å². The van der Waals surface area contributed by atoms with E-state index in [1.165, 1.54) is 11.1 Å². The molecule has 2 N–H and O–H groups in total. The van der Waals surface area contributed by atoms with E-state index in [0.29, 0.717) is 12.2 Å². The number of likely N-dealkylation sites (N-methyl/N-ethyl adjacent to an activating group) is 1. The lowest BCUT2D eigenvalue weighted by Gasteiger charge is -2.26. The van der Waals surface area contributed by atoms with Crippen molar-refractivity contribution in [1.82, 2.24) is 4.90 Å². The Kier molecular flexibility index (Phi) is 8.01. The topological polar surface area (TPSA) is 68.5 Å². The Balaban J connectivity index is 1.88. The molecule has 3 rings (SSSR count). The lowest BCUT2D eigenvalue weighted by molar-refractivity contribution is 0.425. The maximum absolute atomic E-state index is 10.5. The van der Waals surface area contributed by atoms with Gasteiger partial charge < -0.3 is 20.1 Å². The second-order valence-corrected chi connectivity index (χ2v) is 11.6. The van der Waals surface area contributed by atoms with Crippen LogP contribution in [0.25, 0.3) is 11.1 Å². The van der Waals surface area contributed by atoms with Crippen LogP contribution in [-0.4, -0.2) is 37.2 Å². The van der Waals surface area contributed by atoms with Crippen molar-refractivity contribution in [2.24, 2.45) is 0 Å². The van der Waals surface area contributed by atoms with Crippen LogP contribution in [-0.2, 0) is 10.8 Å². The fourth-order valence-corrected chi connectivity index (χ4v) is 3.84. The average Bonchev–Trinajstić information content (AvgIpc) is 2.78. The van der Waals surface area contributed by atoms with Gasteiger partial charge in [0, 0.05) is 13.1 Å². The lowest BCUT2D eigenvalue weighted by atomic mass is 9.80. The van der Waals surface area contributed by atoms with Crippen molar-refractivity contribution in [3.05, 3.63) is 71.3 Å². The van der Waals surface area contributed by atoms with Gasteiger partial charge in [-0.25, -0.2) is 0 Å². The molecule has 3 aromatic rings. The summed E-state index contributed by atoms with van der Waals surface area (Å²) in [5.41, 5.74) is 5.15. The number of hydrogen-bond donors (Lipinski definition) is 2. The van der Waals surface area contributed by atoms with Crippen molar-refractivity contribution in [3.8, 4) is 34.4 Å². The fourth-order valence-electron chi connectivity index (χ4n) is 3.84. The Labute approximate surface area is 216 Å². The zero-order valence-electron chi connectivity index (χ0n) is 22.9. The number of benzene rings is 3. The van der Waals surface area contributed by atoms with Crippen LogP contribution in [0.4, 0.5) is 5.69 Å². The molecule has 0 atom stereocenters. The van der Waals surface area contributed by atoms with Crippen LogP contribution in [0.3, 0.4) is 0 Å². The zero-order chi connectivity index (χ0) is 26.7. The Hall–Kier alpha value is -3.49. The van der Waals surface area contributed by atoms with E-state index in [-0.39, 0.29) is 22.1 Å². The predicted molar refractivity (Wildman–Crippen MR) is 149 cm³/mol. The molecular weight excluding hydrogens is 446 g/mol. The Morgan fingerprint density at radius 2 is 1.42 bits per heavy atom. The van der Waals surface area contributed by atoms with Gasteiger partial charge in [0.1, 0.15) is 28.9 Å². The number of phenolic OH excluding ortho intramolecular Hbond substituents is 1. The second kappa shape index (κ2) is 10.6. The van der Waals surface area contributed by atoms with Crippen LogP contribution in [0, 0.1) is 11.3 Å². The minimum absolute atomic E-state index is 0.0130. The van der Waals surface area contributed by atoms with Gasteiger partial charge in [-0.2, -0.15) is 5.26 Å². The molecule has 0 aliphatic heterocycles. The van der Waals surface area contributed by atoms with Gasteiger partial charge in [-0.05, 0) is 83.6 Å². The highest BCUT2D eigenvalue weighted by atomic mass is 16.5. The third-order valence-electron chi connectivity index (χ3n) is 6.17. The highest BCUT2D eigenvalue weighted by Crippen LogP contribution is 2.36. The summed E-state index contributed by atoms with van der Waals surface area (Å²) in [4.78, 5) is 2.06. The Morgan fingerprint density at radius 3 is 1.92 bits per heavy atom. The zero-order valence-corrected chi connectivity index (χ0v) is 22.9. The fraction of sp³-hybridized carbons (Fsp3) is 0.387. The van der Waals surface area contributed by atoms with E-state index in [9.17, 15) is 10.4 Å². The monoisotopic (exact) mass is 485 g/mol. The predicted octanol–water partition coefficient (Wildman–Crippen LogP) is 7.29. The van der Waals surface area contributed by atoms with Crippen molar-refractivity contribution in [1.29, 1.82) is 5.26 Å². The summed E-state index contributed by atoms with van der Waals surface area (Å²) < 4.78 is 6.29. The molecule has 3 aromatic carbocycles. The number of hydrogen-bond acceptors (Lipinski definition) is 5. The van der Waals surface area contributed by atoms with Crippen LogP contribution >= 0.6 is 0 Å². The smallest absolute Gasteiger partial charge is 0.136 e. The van der Waals surface area contributed by atoms with Gasteiger partial charge >= 0.3 is 0 Å². The molecule has 0 fully saturated rings. The molecule has 0 aliphatic rings. The van der Waals surface area contributed by atoms with E-state index in [2.05, 4.69) is 76.0 Å². The largest absolute Gasteiger partial charge is 0.506 e. The van der Waals surface area contributed by atoms with Gasteiger partial charge in [-0.15, -0.1) is 0 Å².